The van der Waals surface area contributed by atoms with Gasteiger partial charge in [0.2, 0.25) is 21.8 Å². The van der Waals surface area contributed by atoms with Crippen molar-refractivity contribution in [1.29, 1.82) is 0 Å². The molecular weight excluding hydrogens is 366 g/mol. The molecule has 0 spiro atoms. The van der Waals surface area contributed by atoms with Crippen molar-refractivity contribution in [2.75, 3.05) is 39.0 Å². The van der Waals surface area contributed by atoms with Crippen LogP contribution in [0.2, 0.25) is 0 Å². The monoisotopic (exact) mass is 391 g/mol. The van der Waals surface area contributed by atoms with Crippen molar-refractivity contribution in [2.24, 2.45) is 11.8 Å². The minimum atomic E-state index is -3.33. The molecule has 0 radical (unpaired) electrons. The van der Waals surface area contributed by atoms with Crippen molar-refractivity contribution in [3.8, 4) is 0 Å². The Morgan fingerprint density at radius 1 is 1.15 bits per heavy atom. The van der Waals surface area contributed by atoms with Gasteiger partial charge in [0.25, 0.3) is 0 Å². The molecule has 3 aliphatic rings. The topological polar surface area (TPSA) is 78.0 Å². The van der Waals surface area contributed by atoms with Crippen molar-refractivity contribution in [2.45, 2.75) is 18.9 Å². The summed E-state index contributed by atoms with van der Waals surface area (Å²) in [6.07, 6.45) is 2.60. The first-order chi connectivity index (χ1) is 12.8. The van der Waals surface area contributed by atoms with E-state index in [9.17, 15) is 18.0 Å². The summed E-state index contributed by atoms with van der Waals surface area (Å²) in [5.41, 5.74) is 0.972. The van der Waals surface area contributed by atoms with Gasteiger partial charge in [0.1, 0.15) is 0 Å². The second kappa shape index (κ2) is 6.91. The molecule has 0 N–H and O–H groups in total. The highest BCUT2D eigenvalue weighted by Gasteiger charge is 2.51. The van der Waals surface area contributed by atoms with E-state index in [1.54, 1.807) is 9.21 Å². The maximum Gasteiger partial charge on any atom is 0.242 e. The van der Waals surface area contributed by atoms with E-state index in [1.165, 1.54) is 6.26 Å². The van der Waals surface area contributed by atoms with E-state index >= 15 is 0 Å². The first kappa shape index (κ1) is 18.4. The average molecular weight is 391 g/mol. The highest BCUT2D eigenvalue weighted by atomic mass is 32.2. The molecule has 0 saturated carbocycles. The van der Waals surface area contributed by atoms with E-state index in [1.807, 2.05) is 35.2 Å². The van der Waals surface area contributed by atoms with E-state index in [2.05, 4.69) is 0 Å². The fourth-order valence-corrected chi connectivity index (χ4v) is 5.90. The van der Waals surface area contributed by atoms with Gasteiger partial charge in [0, 0.05) is 38.5 Å². The summed E-state index contributed by atoms with van der Waals surface area (Å²) in [6.45, 7) is 2.33. The lowest BCUT2D eigenvalue weighted by Gasteiger charge is -2.28. The van der Waals surface area contributed by atoms with Gasteiger partial charge < -0.3 is 9.80 Å². The fourth-order valence-electron chi connectivity index (χ4n) is 4.75. The van der Waals surface area contributed by atoms with Gasteiger partial charge in [-0.2, -0.15) is 4.31 Å². The molecule has 0 unspecified atom stereocenters. The zero-order valence-corrected chi connectivity index (χ0v) is 16.3. The van der Waals surface area contributed by atoms with E-state index in [4.69, 9.17) is 0 Å². The van der Waals surface area contributed by atoms with Crippen LogP contribution < -0.4 is 0 Å². The van der Waals surface area contributed by atoms with Crippen LogP contribution in [-0.4, -0.2) is 73.3 Å². The molecule has 3 aliphatic heterocycles. The predicted octanol–water partition coefficient (Wildman–Crippen LogP) is 0.700. The quantitative estimate of drug-likeness (QED) is 0.757. The van der Waals surface area contributed by atoms with Crippen molar-refractivity contribution < 1.29 is 18.0 Å². The Balaban J connectivity index is 1.52. The number of fused-ring (bicyclic) bond motifs is 1. The van der Waals surface area contributed by atoms with Gasteiger partial charge in [-0.05, 0) is 17.9 Å². The number of carbonyl (C=O) groups is 2. The Bertz CT molecular complexity index is 842. The summed E-state index contributed by atoms with van der Waals surface area (Å²) < 4.78 is 26.2. The molecule has 2 amide bonds. The zero-order valence-electron chi connectivity index (χ0n) is 15.5. The summed E-state index contributed by atoms with van der Waals surface area (Å²) in [5, 5.41) is 0. The van der Waals surface area contributed by atoms with Crippen LogP contribution in [0.25, 0.3) is 0 Å². The lowest BCUT2D eigenvalue weighted by atomic mass is 9.90. The Morgan fingerprint density at radius 2 is 1.89 bits per heavy atom. The molecule has 146 valence electrons. The second-order valence-corrected chi connectivity index (χ2v) is 9.76. The number of sulfonamides is 1. The lowest BCUT2D eigenvalue weighted by Crippen LogP contribution is -2.42. The molecule has 3 atom stereocenters. The molecule has 3 saturated heterocycles. The van der Waals surface area contributed by atoms with Crippen LogP contribution in [0.4, 0.5) is 0 Å². The predicted molar refractivity (Wildman–Crippen MR) is 100 cm³/mol. The summed E-state index contributed by atoms with van der Waals surface area (Å²) in [4.78, 5) is 27.9. The highest BCUT2D eigenvalue weighted by Crippen LogP contribution is 2.46. The number of rotatable bonds is 4. The first-order valence-electron chi connectivity index (χ1n) is 9.42. The number of benzene rings is 1. The molecule has 8 heteroatoms. The highest BCUT2D eigenvalue weighted by molar-refractivity contribution is 7.88. The van der Waals surface area contributed by atoms with Gasteiger partial charge in [-0.3, -0.25) is 9.59 Å². The third-order valence-electron chi connectivity index (χ3n) is 6.04. The van der Waals surface area contributed by atoms with Crippen LogP contribution in [-0.2, 0) is 19.6 Å². The average Bonchev–Trinajstić information content (AvgIpc) is 3.29. The Hall–Kier alpha value is -1.93. The number of amides is 2. The molecular formula is C19H25N3O4S. The fraction of sp³-hybridized carbons (Fsp3) is 0.579. The van der Waals surface area contributed by atoms with Crippen molar-refractivity contribution in [3.63, 3.8) is 0 Å². The molecule has 0 aliphatic carbocycles. The van der Waals surface area contributed by atoms with E-state index < -0.39 is 10.0 Å². The Kier molecular flexibility index (Phi) is 4.71. The van der Waals surface area contributed by atoms with Gasteiger partial charge in [0.05, 0.1) is 18.8 Å². The number of carbonyl (C=O) groups excluding carboxylic acids is 2. The molecule has 3 heterocycles. The van der Waals surface area contributed by atoms with Gasteiger partial charge in [-0.1, -0.05) is 30.3 Å². The lowest BCUT2D eigenvalue weighted by molar-refractivity contribution is -0.137. The van der Waals surface area contributed by atoms with E-state index in [0.717, 1.165) is 12.0 Å². The van der Waals surface area contributed by atoms with Gasteiger partial charge in [0.15, 0.2) is 0 Å². The van der Waals surface area contributed by atoms with Crippen LogP contribution >= 0.6 is 0 Å². The Labute approximate surface area is 160 Å². The number of hydrogen-bond acceptors (Lipinski definition) is 4. The van der Waals surface area contributed by atoms with Crippen LogP contribution in [0.15, 0.2) is 30.3 Å². The third-order valence-corrected chi connectivity index (χ3v) is 7.27. The molecule has 3 fully saturated rings. The normalized spacial score (nSPS) is 28.8. The maximum absolute atomic E-state index is 12.7. The smallest absolute Gasteiger partial charge is 0.242 e. The van der Waals surface area contributed by atoms with E-state index in [0.29, 0.717) is 32.6 Å². The van der Waals surface area contributed by atoms with Crippen molar-refractivity contribution in [3.05, 3.63) is 35.9 Å². The largest absolute Gasteiger partial charge is 0.340 e. The molecule has 1 aromatic carbocycles. The van der Waals surface area contributed by atoms with Crippen molar-refractivity contribution >= 4 is 21.8 Å². The van der Waals surface area contributed by atoms with Gasteiger partial charge in [-0.15, -0.1) is 0 Å². The number of likely N-dealkylation sites (tertiary alicyclic amines) is 2. The van der Waals surface area contributed by atoms with Gasteiger partial charge >= 0.3 is 0 Å². The van der Waals surface area contributed by atoms with Crippen LogP contribution in [0.3, 0.4) is 0 Å². The second-order valence-electron chi connectivity index (χ2n) is 7.83. The van der Waals surface area contributed by atoms with Crippen LogP contribution in [0, 0.1) is 11.8 Å². The zero-order chi connectivity index (χ0) is 19.2. The number of hydrogen-bond donors (Lipinski definition) is 0. The Morgan fingerprint density at radius 3 is 2.52 bits per heavy atom. The minimum absolute atomic E-state index is 0.0302. The summed E-state index contributed by atoms with van der Waals surface area (Å²) in [5.74, 6) is 0.231. The maximum atomic E-state index is 12.7. The van der Waals surface area contributed by atoms with E-state index in [-0.39, 0.29) is 36.2 Å². The van der Waals surface area contributed by atoms with Crippen LogP contribution in [0.5, 0.6) is 0 Å². The first-order valence-corrected chi connectivity index (χ1v) is 11.3. The molecule has 4 rings (SSSR count). The summed E-state index contributed by atoms with van der Waals surface area (Å²) in [7, 11) is -3.33. The summed E-state index contributed by atoms with van der Waals surface area (Å²) >= 11 is 0. The summed E-state index contributed by atoms with van der Waals surface area (Å²) in [6, 6.07) is 9.42. The molecule has 0 aromatic heterocycles. The molecule has 0 bridgehead atoms. The van der Waals surface area contributed by atoms with Crippen molar-refractivity contribution in [1.82, 2.24) is 14.1 Å². The minimum Gasteiger partial charge on any atom is -0.340 e. The SMILES string of the molecule is CS(=O)(=O)N1C[C@H]2CN(C(=O)CN3CCCC3=O)C[C@H]2[C@@H]1c1ccccc1. The van der Waals surface area contributed by atoms with Crippen LogP contribution in [0.1, 0.15) is 24.4 Å². The van der Waals surface area contributed by atoms with Gasteiger partial charge in [-0.25, -0.2) is 8.42 Å². The third kappa shape index (κ3) is 3.48. The standard InChI is InChI=1S/C19H25N3O4S/c1-27(25,26)22-11-15-10-21(18(24)13-20-9-5-8-17(20)23)12-16(15)19(22)14-6-3-2-4-7-14/h2-4,6-7,15-16,19H,5,8-13H2,1H3/t15-,16-,19+/m1/s1. The molecule has 27 heavy (non-hydrogen) atoms. The number of nitrogens with zero attached hydrogens (tertiary/aromatic N) is 3. The molecule has 1 aromatic rings. The molecule has 7 nitrogen and oxygen atoms in total.